The Kier molecular flexibility index (Phi) is 7.06. The number of aliphatic hydroxyl groups is 1. The number of benzene rings is 2. The number of Topliss-reactive ketones (excluding diaryl/α,β-unsaturated/α-hetero) is 1. The van der Waals surface area contributed by atoms with Crippen LogP contribution in [0.4, 0.5) is 4.39 Å². The number of aliphatic hydroxyl groups excluding tert-OH is 1. The van der Waals surface area contributed by atoms with Crippen LogP contribution in [0.15, 0.2) is 72.8 Å². The molecule has 34 heavy (non-hydrogen) atoms. The van der Waals surface area contributed by atoms with Crippen LogP contribution in [0.5, 0.6) is 5.75 Å². The number of amides is 1. The topological polar surface area (TPSA) is 84.7 Å². The summed E-state index contributed by atoms with van der Waals surface area (Å²) in [5.74, 6) is -1.86. The van der Waals surface area contributed by atoms with Gasteiger partial charge in [-0.15, -0.1) is 0 Å². The molecule has 1 aromatic heterocycles. The zero-order valence-electron chi connectivity index (χ0n) is 18.9. The predicted molar refractivity (Wildman–Crippen MR) is 124 cm³/mol. The SMILES string of the molecule is CCCOc1ccc(/C(O)=C2/C(=O)C(=O)N(CCCn3ccnc3)C2c2ccccc2F)cc1. The lowest BCUT2D eigenvalue weighted by Gasteiger charge is -2.25. The van der Waals surface area contributed by atoms with Gasteiger partial charge in [0.25, 0.3) is 11.7 Å². The zero-order valence-corrected chi connectivity index (χ0v) is 18.9. The highest BCUT2D eigenvalue weighted by molar-refractivity contribution is 6.46. The van der Waals surface area contributed by atoms with Gasteiger partial charge in [-0.1, -0.05) is 25.1 Å². The highest BCUT2D eigenvalue weighted by Gasteiger charge is 2.46. The third kappa shape index (κ3) is 4.71. The van der Waals surface area contributed by atoms with Gasteiger partial charge in [-0.3, -0.25) is 9.59 Å². The number of aromatic nitrogens is 2. The van der Waals surface area contributed by atoms with Gasteiger partial charge in [0, 0.05) is 36.6 Å². The summed E-state index contributed by atoms with van der Waals surface area (Å²) in [7, 11) is 0. The number of halogens is 1. The van der Waals surface area contributed by atoms with Gasteiger partial charge >= 0.3 is 0 Å². The van der Waals surface area contributed by atoms with Gasteiger partial charge in [0.15, 0.2) is 0 Å². The molecule has 0 aliphatic carbocycles. The number of nitrogens with zero attached hydrogens (tertiary/aromatic N) is 3. The average Bonchev–Trinajstić information content (AvgIpc) is 3.45. The Hall–Kier alpha value is -3.94. The van der Waals surface area contributed by atoms with E-state index in [0.717, 1.165) is 6.42 Å². The summed E-state index contributed by atoms with van der Waals surface area (Å²) >= 11 is 0. The Morgan fingerprint density at radius 3 is 2.56 bits per heavy atom. The molecule has 1 aliphatic rings. The molecule has 1 atom stereocenters. The first-order chi connectivity index (χ1) is 16.5. The molecular weight excluding hydrogens is 437 g/mol. The van der Waals surface area contributed by atoms with Gasteiger partial charge in [-0.25, -0.2) is 9.37 Å². The molecule has 1 aliphatic heterocycles. The highest BCUT2D eigenvalue weighted by Crippen LogP contribution is 2.40. The number of hydrogen-bond donors (Lipinski definition) is 1. The zero-order chi connectivity index (χ0) is 24.1. The Bertz CT molecular complexity index is 1190. The fourth-order valence-electron chi connectivity index (χ4n) is 4.06. The monoisotopic (exact) mass is 463 g/mol. The molecule has 2 heterocycles. The lowest BCUT2D eigenvalue weighted by molar-refractivity contribution is -0.140. The smallest absolute Gasteiger partial charge is 0.295 e. The second kappa shape index (κ2) is 10.3. The lowest BCUT2D eigenvalue weighted by Crippen LogP contribution is -2.31. The van der Waals surface area contributed by atoms with Crippen LogP contribution < -0.4 is 4.74 Å². The first-order valence-corrected chi connectivity index (χ1v) is 11.2. The van der Waals surface area contributed by atoms with E-state index < -0.39 is 23.5 Å². The van der Waals surface area contributed by atoms with Crippen LogP contribution in [0, 0.1) is 5.82 Å². The van der Waals surface area contributed by atoms with Crippen molar-refractivity contribution in [3.05, 3.63) is 89.8 Å². The van der Waals surface area contributed by atoms with E-state index >= 15 is 0 Å². The van der Waals surface area contributed by atoms with E-state index in [-0.39, 0.29) is 23.4 Å². The molecule has 1 amide bonds. The molecule has 8 heteroatoms. The number of carbonyl (C=O) groups excluding carboxylic acids is 2. The molecule has 4 rings (SSSR count). The third-order valence-corrected chi connectivity index (χ3v) is 5.71. The van der Waals surface area contributed by atoms with Crippen LogP contribution in [-0.2, 0) is 16.1 Å². The molecule has 2 aromatic carbocycles. The van der Waals surface area contributed by atoms with Gasteiger partial charge in [0.05, 0.1) is 24.5 Å². The standard InChI is InChI=1S/C26H26FN3O4/c1-2-16-34-19-10-8-18(9-11-19)24(31)22-23(20-6-3-4-7-21(20)27)30(26(33)25(22)32)14-5-13-29-15-12-28-17-29/h3-4,6-12,15,17,23,31H,2,5,13-14,16H2,1H3/b24-22-. The van der Waals surface area contributed by atoms with Crippen molar-refractivity contribution in [1.29, 1.82) is 0 Å². The minimum atomic E-state index is -1.03. The first kappa shape index (κ1) is 23.2. The van der Waals surface area contributed by atoms with Crippen LogP contribution in [0.25, 0.3) is 5.76 Å². The number of aryl methyl sites for hydroxylation is 1. The maximum atomic E-state index is 14.8. The van der Waals surface area contributed by atoms with E-state index in [0.29, 0.717) is 30.9 Å². The summed E-state index contributed by atoms with van der Waals surface area (Å²) in [5, 5.41) is 11.1. The fourth-order valence-corrected chi connectivity index (χ4v) is 4.06. The molecular formula is C26H26FN3O4. The average molecular weight is 464 g/mol. The van der Waals surface area contributed by atoms with Crippen molar-refractivity contribution in [3.8, 4) is 5.75 Å². The van der Waals surface area contributed by atoms with Crippen molar-refractivity contribution in [3.63, 3.8) is 0 Å². The summed E-state index contributed by atoms with van der Waals surface area (Å²) < 4.78 is 22.3. The van der Waals surface area contributed by atoms with E-state index in [1.165, 1.54) is 17.0 Å². The van der Waals surface area contributed by atoms with Crippen LogP contribution >= 0.6 is 0 Å². The maximum absolute atomic E-state index is 14.8. The number of rotatable bonds is 9. The second-order valence-corrected chi connectivity index (χ2v) is 8.04. The van der Waals surface area contributed by atoms with E-state index in [1.807, 2.05) is 11.5 Å². The lowest BCUT2D eigenvalue weighted by atomic mass is 9.95. The first-order valence-electron chi connectivity index (χ1n) is 11.2. The van der Waals surface area contributed by atoms with Crippen molar-refractivity contribution in [1.82, 2.24) is 14.5 Å². The Morgan fingerprint density at radius 1 is 1.12 bits per heavy atom. The van der Waals surface area contributed by atoms with Gasteiger partial charge in [0.2, 0.25) is 0 Å². The van der Waals surface area contributed by atoms with Crippen LogP contribution in [0.1, 0.15) is 36.9 Å². The Balaban J connectivity index is 1.69. The molecule has 7 nitrogen and oxygen atoms in total. The predicted octanol–water partition coefficient (Wildman–Crippen LogP) is 4.32. The van der Waals surface area contributed by atoms with Crippen molar-refractivity contribution in [2.45, 2.75) is 32.4 Å². The quantitative estimate of drug-likeness (QED) is 0.290. The number of imidazole rings is 1. The summed E-state index contributed by atoms with van der Waals surface area (Å²) in [4.78, 5) is 31.4. The van der Waals surface area contributed by atoms with Gasteiger partial charge in [0.1, 0.15) is 17.3 Å². The van der Waals surface area contributed by atoms with Crippen molar-refractivity contribution >= 4 is 17.4 Å². The normalized spacial score (nSPS) is 17.4. The summed E-state index contributed by atoms with van der Waals surface area (Å²) in [6.07, 6.45) is 6.50. The molecule has 3 aromatic rings. The minimum absolute atomic E-state index is 0.125. The minimum Gasteiger partial charge on any atom is -0.507 e. The molecule has 1 saturated heterocycles. The van der Waals surface area contributed by atoms with Crippen molar-refractivity contribution in [2.75, 3.05) is 13.2 Å². The van der Waals surface area contributed by atoms with Gasteiger partial charge in [-0.05, 0) is 43.2 Å². The van der Waals surface area contributed by atoms with Crippen LogP contribution in [0.3, 0.4) is 0 Å². The molecule has 176 valence electrons. The number of ketones is 1. The molecule has 0 radical (unpaired) electrons. The molecule has 1 N–H and O–H groups in total. The molecule has 0 bridgehead atoms. The van der Waals surface area contributed by atoms with Gasteiger partial charge in [-0.2, -0.15) is 0 Å². The summed E-state index contributed by atoms with van der Waals surface area (Å²) in [5.41, 5.74) is 0.385. The Labute approximate surface area is 197 Å². The number of likely N-dealkylation sites (tertiary alicyclic amines) is 1. The Morgan fingerprint density at radius 2 is 1.88 bits per heavy atom. The van der Waals surface area contributed by atoms with Gasteiger partial charge < -0.3 is 19.3 Å². The van der Waals surface area contributed by atoms with E-state index in [1.54, 1.807) is 55.1 Å². The van der Waals surface area contributed by atoms with E-state index in [2.05, 4.69) is 4.98 Å². The summed E-state index contributed by atoms with van der Waals surface area (Å²) in [6.45, 7) is 3.34. The van der Waals surface area contributed by atoms with Crippen molar-refractivity contribution < 1.29 is 23.8 Å². The van der Waals surface area contributed by atoms with Crippen LogP contribution in [0.2, 0.25) is 0 Å². The second-order valence-electron chi connectivity index (χ2n) is 8.04. The van der Waals surface area contributed by atoms with Crippen molar-refractivity contribution in [2.24, 2.45) is 0 Å². The third-order valence-electron chi connectivity index (χ3n) is 5.71. The molecule has 1 fully saturated rings. The maximum Gasteiger partial charge on any atom is 0.295 e. The number of hydrogen-bond acceptors (Lipinski definition) is 5. The number of carbonyl (C=O) groups is 2. The largest absolute Gasteiger partial charge is 0.507 e. The van der Waals surface area contributed by atoms with E-state index in [4.69, 9.17) is 4.74 Å². The van der Waals surface area contributed by atoms with Crippen LogP contribution in [-0.4, -0.2) is 44.4 Å². The number of ether oxygens (including phenoxy) is 1. The summed E-state index contributed by atoms with van der Waals surface area (Å²) in [6, 6.07) is 11.6. The molecule has 1 unspecified atom stereocenters. The molecule has 0 saturated carbocycles. The molecule has 0 spiro atoms. The fraction of sp³-hybridized carbons (Fsp3) is 0.269. The van der Waals surface area contributed by atoms with E-state index in [9.17, 15) is 19.1 Å². The highest BCUT2D eigenvalue weighted by atomic mass is 19.1.